The Labute approximate surface area is 80.1 Å². The van der Waals surface area contributed by atoms with Crippen LogP contribution in [-0.2, 0) is 14.3 Å². The maximum Gasteiger partial charge on any atom is 0.336 e. The zero-order valence-corrected chi connectivity index (χ0v) is 7.42. The summed E-state index contributed by atoms with van der Waals surface area (Å²) in [6.07, 6.45) is -1.80. The molecule has 80 valence electrons. The second-order valence-electron chi connectivity index (χ2n) is 3.22. The van der Waals surface area contributed by atoms with E-state index in [1.165, 1.54) is 0 Å². The lowest BCUT2D eigenvalue weighted by Gasteiger charge is -2.17. The third-order valence-corrected chi connectivity index (χ3v) is 1.96. The number of rotatable bonds is 5. The average Bonchev–Trinajstić information content (AvgIpc) is 2.95. The summed E-state index contributed by atoms with van der Waals surface area (Å²) < 4.78 is 4.63. The monoisotopic (exact) mass is 204 g/mol. The first-order chi connectivity index (χ1) is 6.56. The van der Waals surface area contributed by atoms with E-state index in [-0.39, 0.29) is 5.92 Å². The average molecular weight is 204 g/mol. The Morgan fingerprint density at radius 2 is 2.00 bits per heavy atom. The van der Waals surface area contributed by atoms with Gasteiger partial charge < -0.3 is 20.1 Å². The Morgan fingerprint density at radius 3 is 2.36 bits per heavy atom. The van der Waals surface area contributed by atoms with Crippen molar-refractivity contribution in [2.45, 2.75) is 25.0 Å². The Balaban J connectivity index is 2.44. The summed E-state index contributed by atoms with van der Waals surface area (Å²) in [7, 11) is 0. The van der Waals surface area contributed by atoms with Crippen LogP contribution in [-0.4, -0.2) is 46.1 Å². The number of aliphatic hydroxyl groups excluding tert-OH is 2. The predicted molar refractivity (Wildman–Crippen MR) is 43.3 cm³/mol. The summed E-state index contributed by atoms with van der Waals surface area (Å²) in [5.41, 5.74) is 0. The first kappa shape index (κ1) is 10.9. The first-order valence-electron chi connectivity index (χ1n) is 4.28. The van der Waals surface area contributed by atoms with Gasteiger partial charge >= 0.3 is 11.9 Å². The fraction of sp³-hybridized carbons (Fsp3) is 0.750. The fourth-order valence-electron chi connectivity index (χ4n) is 0.925. The maximum absolute atomic E-state index is 11.1. The molecule has 0 heterocycles. The third-order valence-electron chi connectivity index (χ3n) is 1.96. The molecule has 6 nitrogen and oxygen atoms in total. The lowest BCUT2D eigenvalue weighted by molar-refractivity contribution is -0.169. The summed E-state index contributed by atoms with van der Waals surface area (Å²) in [5, 5.41) is 26.1. The van der Waals surface area contributed by atoms with E-state index in [9.17, 15) is 9.59 Å². The minimum Gasteiger partial charge on any atom is -0.479 e. The lowest BCUT2D eigenvalue weighted by atomic mass is 10.2. The van der Waals surface area contributed by atoms with E-state index >= 15 is 0 Å². The van der Waals surface area contributed by atoms with Crippen molar-refractivity contribution in [3.05, 3.63) is 0 Å². The topological polar surface area (TPSA) is 104 Å². The Morgan fingerprint density at radius 1 is 1.43 bits per heavy atom. The van der Waals surface area contributed by atoms with Crippen molar-refractivity contribution in [1.29, 1.82) is 0 Å². The van der Waals surface area contributed by atoms with Gasteiger partial charge in [0.1, 0.15) is 0 Å². The Kier molecular flexibility index (Phi) is 3.43. The number of aliphatic hydroxyl groups is 2. The molecule has 0 aromatic heterocycles. The molecular weight excluding hydrogens is 192 g/mol. The van der Waals surface area contributed by atoms with Crippen LogP contribution in [0.4, 0.5) is 0 Å². The Bertz CT molecular complexity index is 234. The SMILES string of the molecule is O=C(OC(CO)C(O)C(=O)O)C1CC1. The number of hydrogen-bond acceptors (Lipinski definition) is 5. The van der Waals surface area contributed by atoms with Gasteiger partial charge in [-0.05, 0) is 12.8 Å². The molecule has 0 saturated heterocycles. The number of carbonyl (C=O) groups is 2. The Hall–Kier alpha value is -1.14. The first-order valence-corrected chi connectivity index (χ1v) is 4.28. The van der Waals surface area contributed by atoms with Gasteiger partial charge in [0.05, 0.1) is 12.5 Å². The minimum atomic E-state index is -1.87. The van der Waals surface area contributed by atoms with Crippen LogP contribution >= 0.6 is 0 Å². The second kappa shape index (κ2) is 4.39. The highest BCUT2D eigenvalue weighted by Crippen LogP contribution is 2.30. The quantitative estimate of drug-likeness (QED) is 0.483. The molecule has 0 amide bonds. The molecule has 1 aliphatic rings. The van der Waals surface area contributed by atoms with Gasteiger partial charge in [0.25, 0.3) is 0 Å². The number of esters is 1. The standard InChI is InChI=1S/C8H12O6/c9-3-5(6(10)7(11)12)14-8(13)4-1-2-4/h4-6,9-10H,1-3H2,(H,11,12). The summed E-state index contributed by atoms with van der Waals surface area (Å²) in [5.74, 6) is -2.26. The van der Waals surface area contributed by atoms with Crippen molar-refractivity contribution in [3.63, 3.8) is 0 Å². The number of carboxylic acids is 1. The van der Waals surface area contributed by atoms with Crippen LogP contribution in [0.5, 0.6) is 0 Å². The van der Waals surface area contributed by atoms with Gasteiger partial charge in [-0.2, -0.15) is 0 Å². The van der Waals surface area contributed by atoms with Crippen molar-refractivity contribution in [2.24, 2.45) is 5.92 Å². The molecule has 6 heteroatoms. The smallest absolute Gasteiger partial charge is 0.336 e. The lowest BCUT2D eigenvalue weighted by Crippen LogP contribution is -2.40. The third kappa shape index (κ3) is 2.68. The van der Waals surface area contributed by atoms with Crippen LogP contribution in [0, 0.1) is 5.92 Å². The molecule has 2 atom stereocenters. The molecule has 0 bridgehead atoms. The molecule has 0 spiro atoms. The van der Waals surface area contributed by atoms with Gasteiger partial charge in [0.2, 0.25) is 0 Å². The molecular formula is C8H12O6. The molecule has 3 N–H and O–H groups in total. The van der Waals surface area contributed by atoms with Crippen LogP contribution in [0.3, 0.4) is 0 Å². The van der Waals surface area contributed by atoms with Crippen molar-refractivity contribution < 1.29 is 29.6 Å². The summed E-state index contributed by atoms with van der Waals surface area (Å²) in [6.45, 7) is -0.702. The largest absolute Gasteiger partial charge is 0.479 e. The van der Waals surface area contributed by atoms with E-state index in [0.29, 0.717) is 0 Å². The molecule has 1 saturated carbocycles. The van der Waals surface area contributed by atoms with Crippen LogP contribution in [0.2, 0.25) is 0 Å². The van der Waals surface area contributed by atoms with E-state index in [2.05, 4.69) is 4.74 Å². The van der Waals surface area contributed by atoms with Crippen molar-refractivity contribution in [3.8, 4) is 0 Å². The molecule has 1 fully saturated rings. The van der Waals surface area contributed by atoms with Gasteiger partial charge in [-0.3, -0.25) is 4.79 Å². The second-order valence-corrected chi connectivity index (χ2v) is 3.22. The van der Waals surface area contributed by atoms with Crippen molar-refractivity contribution in [2.75, 3.05) is 6.61 Å². The fourth-order valence-corrected chi connectivity index (χ4v) is 0.925. The van der Waals surface area contributed by atoms with E-state index in [0.717, 1.165) is 12.8 Å². The molecule has 1 rings (SSSR count). The highest BCUT2D eigenvalue weighted by molar-refractivity contribution is 5.77. The molecule has 0 aromatic rings. The molecule has 0 radical (unpaired) electrons. The van der Waals surface area contributed by atoms with E-state index in [1.807, 2.05) is 0 Å². The van der Waals surface area contributed by atoms with Gasteiger partial charge in [-0.1, -0.05) is 0 Å². The molecule has 0 aliphatic heterocycles. The van der Waals surface area contributed by atoms with Gasteiger partial charge in [-0.25, -0.2) is 4.79 Å². The number of carbonyl (C=O) groups excluding carboxylic acids is 1. The van der Waals surface area contributed by atoms with E-state index < -0.39 is 30.8 Å². The minimum absolute atomic E-state index is 0.190. The van der Waals surface area contributed by atoms with Crippen molar-refractivity contribution >= 4 is 11.9 Å². The zero-order chi connectivity index (χ0) is 10.7. The van der Waals surface area contributed by atoms with Crippen molar-refractivity contribution in [1.82, 2.24) is 0 Å². The maximum atomic E-state index is 11.1. The number of hydrogen-bond donors (Lipinski definition) is 3. The summed E-state index contributed by atoms with van der Waals surface area (Å²) >= 11 is 0. The number of aliphatic carboxylic acids is 1. The summed E-state index contributed by atoms with van der Waals surface area (Å²) in [6, 6.07) is 0. The highest BCUT2D eigenvalue weighted by atomic mass is 16.6. The number of carboxylic acid groups (broad SMARTS) is 1. The number of ether oxygens (including phenoxy) is 1. The highest BCUT2D eigenvalue weighted by Gasteiger charge is 2.36. The molecule has 14 heavy (non-hydrogen) atoms. The van der Waals surface area contributed by atoms with Gasteiger partial charge in [-0.15, -0.1) is 0 Å². The van der Waals surface area contributed by atoms with Crippen LogP contribution in [0.1, 0.15) is 12.8 Å². The van der Waals surface area contributed by atoms with E-state index in [1.54, 1.807) is 0 Å². The van der Waals surface area contributed by atoms with Crippen LogP contribution < -0.4 is 0 Å². The molecule has 1 aliphatic carbocycles. The molecule has 2 unspecified atom stereocenters. The van der Waals surface area contributed by atoms with Crippen LogP contribution in [0.25, 0.3) is 0 Å². The van der Waals surface area contributed by atoms with Crippen LogP contribution in [0.15, 0.2) is 0 Å². The zero-order valence-electron chi connectivity index (χ0n) is 7.42. The molecule has 0 aromatic carbocycles. The van der Waals surface area contributed by atoms with E-state index in [4.69, 9.17) is 15.3 Å². The summed E-state index contributed by atoms with van der Waals surface area (Å²) in [4.78, 5) is 21.4. The normalized spacial score (nSPS) is 19.9. The van der Waals surface area contributed by atoms with Gasteiger partial charge in [0.15, 0.2) is 12.2 Å². The predicted octanol–water partition coefficient (Wildman–Crippen LogP) is -1.25. The van der Waals surface area contributed by atoms with Gasteiger partial charge in [0, 0.05) is 0 Å².